The van der Waals surface area contributed by atoms with Crippen molar-refractivity contribution in [3.8, 4) is 17.1 Å². The minimum absolute atomic E-state index is 0.0723. The number of rotatable bonds is 8. The third-order valence-electron chi connectivity index (χ3n) is 3.77. The molecule has 1 aromatic heterocycles. The maximum absolute atomic E-state index is 11.9. The van der Waals surface area contributed by atoms with Gasteiger partial charge < -0.3 is 14.6 Å². The highest BCUT2D eigenvalue weighted by Gasteiger charge is 2.09. The second-order valence-corrected chi connectivity index (χ2v) is 5.92. The number of ether oxygens (including phenoxy) is 1. The summed E-state index contributed by atoms with van der Waals surface area (Å²) in [6, 6.07) is 17.4. The van der Waals surface area contributed by atoms with Crippen LogP contribution < -0.4 is 10.1 Å². The number of benzene rings is 2. The standard InChI is InChI=1S/C20H21N3O3/c1-15-9-11-17(12-10-15)25-13-5-8-18(24)21-14-19-22-20(23-26-19)16-6-3-2-4-7-16/h2-4,6-7,9-12H,5,8,13-14H2,1H3,(H,21,24). The monoisotopic (exact) mass is 351 g/mol. The zero-order chi connectivity index (χ0) is 18.2. The molecule has 6 heteroatoms. The van der Waals surface area contributed by atoms with Crippen molar-refractivity contribution in [2.45, 2.75) is 26.3 Å². The lowest BCUT2D eigenvalue weighted by Crippen LogP contribution is -2.23. The van der Waals surface area contributed by atoms with Gasteiger partial charge in [0.2, 0.25) is 17.6 Å². The molecular weight excluding hydrogens is 330 g/mol. The molecule has 26 heavy (non-hydrogen) atoms. The average molecular weight is 351 g/mol. The summed E-state index contributed by atoms with van der Waals surface area (Å²) in [6.45, 7) is 2.74. The normalized spacial score (nSPS) is 10.5. The molecule has 0 aliphatic heterocycles. The van der Waals surface area contributed by atoms with E-state index < -0.39 is 0 Å². The Labute approximate surface area is 152 Å². The lowest BCUT2D eigenvalue weighted by atomic mass is 10.2. The molecule has 134 valence electrons. The van der Waals surface area contributed by atoms with E-state index in [4.69, 9.17) is 9.26 Å². The van der Waals surface area contributed by atoms with Crippen molar-refractivity contribution < 1.29 is 14.1 Å². The zero-order valence-corrected chi connectivity index (χ0v) is 14.6. The van der Waals surface area contributed by atoms with Crippen molar-refractivity contribution in [2.75, 3.05) is 6.61 Å². The van der Waals surface area contributed by atoms with Crippen LogP contribution in [0.1, 0.15) is 24.3 Å². The molecule has 0 bridgehead atoms. The van der Waals surface area contributed by atoms with E-state index in [1.807, 2.05) is 61.5 Å². The van der Waals surface area contributed by atoms with Gasteiger partial charge in [0, 0.05) is 12.0 Å². The second-order valence-electron chi connectivity index (χ2n) is 5.92. The molecule has 0 fully saturated rings. The van der Waals surface area contributed by atoms with E-state index in [2.05, 4.69) is 15.5 Å². The Kier molecular flexibility index (Phi) is 5.98. The first-order valence-electron chi connectivity index (χ1n) is 8.55. The van der Waals surface area contributed by atoms with Crippen LogP contribution >= 0.6 is 0 Å². The summed E-state index contributed by atoms with van der Waals surface area (Å²) < 4.78 is 10.8. The molecule has 6 nitrogen and oxygen atoms in total. The van der Waals surface area contributed by atoms with E-state index >= 15 is 0 Å². The first-order chi connectivity index (χ1) is 12.7. The molecule has 0 atom stereocenters. The molecule has 2 aromatic carbocycles. The molecule has 0 aliphatic rings. The Morgan fingerprint density at radius 1 is 1.12 bits per heavy atom. The number of hydrogen-bond donors (Lipinski definition) is 1. The van der Waals surface area contributed by atoms with Gasteiger partial charge >= 0.3 is 0 Å². The second kappa shape index (κ2) is 8.80. The number of hydrogen-bond acceptors (Lipinski definition) is 5. The maximum Gasteiger partial charge on any atom is 0.246 e. The predicted molar refractivity (Wildman–Crippen MR) is 97.5 cm³/mol. The van der Waals surface area contributed by atoms with Crippen LogP contribution in [0, 0.1) is 6.92 Å². The summed E-state index contributed by atoms with van der Waals surface area (Å²) in [4.78, 5) is 16.2. The van der Waals surface area contributed by atoms with Crippen LogP contribution in [0.15, 0.2) is 59.1 Å². The molecule has 0 saturated heterocycles. The number of nitrogens with one attached hydrogen (secondary N) is 1. The molecule has 0 aliphatic carbocycles. The molecule has 0 saturated carbocycles. The minimum Gasteiger partial charge on any atom is -0.494 e. The summed E-state index contributed by atoms with van der Waals surface area (Å²) in [5.41, 5.74) is 2.07. The molecule has 0 unspecified atom stereocenters. The van der Waals surface area contributed by atoms with Crippen molar-refractivity contribution in [2.24, 2.45) is 0 Å². The van der Waals surface area contributed by atoms with Gasteiger partial charge in [-0.25, -0.2) is 0 Å². The first kappa shape index (κ1) is 17.7. The highest BCUT2D eigenvalue weighted by molar-refractivity contribution is 5.75. The van der Waals surface area contributed by atoms with E-state index in [-0.39, 0.29) is 12.5 Å². The third kappa shape index (κ3) is 5.17. The largest absolute Gasteiger partial charge is 0.494 e. The lowest BCUT2D eigenvalue weighted by Gasteiger charge is -2.06. The van der Waals surface area contributed by atoms with Gasteiger partial charge in [-0.2, -0.15) is 4.98 Å². The van der Waals surface area contributed by atoms with Gasteiger partial charge in [0.05, 0.1) is 13.2 Å². The predicted octanol–water partition coefficient (Wildman–Crippen LogP) is 3.52. The van der Waals surface area contributed by atoms with Crippen molar-refractivity contribution in [1.29, 1.82) is 0 Å². The van der Waals surface area contributed by atoms with Crippen LogP contribution in [0.5, 0.6) is 5.75 Å². The van der Waals surface area contributed by atoms with Gasteiger partial charge in [-0.1, -0.05) is 53.2 Å². The molecule has 3 rings (SSSR count). The summed E-state index contributed by atoms with van der Waals surface area (Å²) >= 11 is 0. The average Bonchev–Trinajstić information content (AvgIpc) is 3.15. The fourth-order valence-electron chi connectivity index (χ4n) is 2.35. The van der Waals surface area contributed by atoms with Gasteiger partial charge in [-0.3, -0.25) is 4.79 Å². The van der Waals surface area contributed by atoms with Crippen LogP contribution in [-0.2, 0) is 11.3 Å². The van der Waals surface area contributed by atoms with Crippen LogP contribution in [-0.4, -0.2) is 22.7 Å². The Hall–Kier alpha value is -3.15. The van der Waals surface area contributed by atoms with Crippen LogP contribution in [0.4, 0.5) is 0 Å². The Morgan fingerprint density at radius 3 is 2.65 bits per heavy atom. The maximum atomic E-state index is 11.9. The Morgan fingerprint density at radius 2 is 1.88 bits per heavy atom. The summed E-state index contributed by atoms with van der Waals surface area (Å²) in [7, 11) is 0. The molecule has 1 N–H and O–H groups in total. The molecule has 1 heterocycles. The number of nitrogens with zero attached hydrogens (tertiary/aromatic N) is 2. The number of carbonyl (C=O) groups excluding carboxylic acids is 1. The summed E-state index contributed by atoms with van der Waals surface area (Å²) in [5, 5.41) is 6.70. The fraction of sp³-hybridized carbons (Fsp3) is 0.250. The van der Waals surface area contributed by atoms with Crippen molar-refractivity contribution >= 4 is 5.91 Å². The zero-order valence-electron chi connectivity index (χ0n) is 14.6. The fourth-order valence-corrected chi connectivity index (χ4v) is 2.35. The number of amides is 1. The quantitative estimate of drug-likeness (QED) is 0.628. The van der Waals surface area contributed by atoms with Gasteiger partial charge in [0.15, 0.2) is 0 Å². The topological polar surface area (TPSA) is 77.2 Å². The van der Waals surface area contributed by atoms with E-state index in [1.54, 1.807) is 0 Å². The smallest absolute Gasteiger partial charge is 0.246 e. The number of carbonyl (C=O) groups is 1. The molecule has 3 aromatic rings. The molecule has 0 radical (unpaired) electrons. The van der Waals surface area contributed by atoms with Gasteiger partial charge in [-0.15, -0.1) is 0 Å². The summed E-state index contributed by atoms with van der Waals surface area (Å²) in [6.07, 6.45) is 1.02. The molecule has 0 spiro atoms. The van der Waals surface area contributed by atoms with Crippen molar-refractivity contribution in [3.63, 3.8) is 0 Å². The Bertz CT molecular complexity index is 829. The van der Waals surface area contributed by atoms with Crippen LogP contribution in [0.2, 0.25) is 0 Å². The summed E-state index contributed by atoms with van der Waals surface area (Å²) in [5.74, 6) is 1.64. The lowest BCUT2D eigenvalue weighted by molar-refractivity contribution is -0.121. The highest BCUT2D eigenvalue weighted by atomic mass is 16.5. The van der Waals surface area contributed by atoms with Crippen LogP contribution in [0.3, 0.4) is 0 Å². The van der Waals surface area contributed by atoms with Crippen LogP contribution in [0.25, 0.3) is 11.4 Å². The number of aryl methyl sites for hydroxylation is 1. The van der Waals surface area contributed by atoms with E-state index in [0.717, 1.165) is 11.3 Å². The SMILES string of the molecule is Cc1ccc(OCCCC(=O)NCc2nc(-c3ccccc3)no2)cc1. The van der Waals surface area contributed by atoms with Crippen molar-refractivity contribution in [3.05, 3.63) is 66.1 Å². The number of aromatic nitrogens is 2. The van der Waals surface area contributed by atoms with E-state index in [0.29, 0.717) is 31.2 Å². The van der Waals surface area contributed by atoms with E-state index in [9.17, 15) is 4.79 Å². The minimum atomic E-state index is -0.0723. The van der Waals surface area contributed by atoms with Gasteiger partial charge in [0.25, 0.3) is 0 Å². The van der Waals surface area contributed by atoms with Gasteiger partial charge in [-0.05, 0) is 25.5 Å². The molecular formula is C20H21N3O3. The van der Waals surface area contributed by atoms with E-state index in [1.165, 1.54) is 5.56 Å². The first-order valence-corrected chi connectivity index (χ1v) is 8.55. The Balaban J connectivity index is 1.36. The molecule has 1 amide bonds. The van der Waals surface area contributed by atoms with Crippen molar-refractivity contribution in [1.82, 2.24) is 15.5 Å². The van der Waals surface area contributed by atoms with Gasteiger partial charge in [0.1, 0.15) is 5.75 Å². The third-order valence-corrected chi connectivity index (χ3v) is 3.77. The highest BCUT2D eigenvalue weighted by Crippen LogP contribution is 2.14.